The van der Waals surface area contributed by atoms with Crippen LogP contribution in [0.25, 0.3) is 0 Å². The molecule has 0 N–H and O–H groups in total. The van der Waals surface area contributed by atoms with E-state index in [1.807, 2.05) is 12.3 Å². The molecule has 1 aromatic rings. The van der Waals surface area contributed by atoms with Crippen LogP contribution in [0, 0.1) is 11.8 Å². The van der Waals surface area contributed by atoms with E-state index in [2.05, 4.69) is 19.8 Å². The molecule has 3 fully saturated rings. The number of hydrogen-bond acceptors (Lipinski definition) is 4. The second-order valence-electron chi connectivity index (χ2n) is 6.69. The van der Waals surface area contributed by atoms with E-state index < -0.39 is 0 Å². The average Bonchev–Trinajstić information content (AvgIpc) is 3.04. The molecule has 4 nitrogen and oxygen atoms in total. The van der Waals surface area contributed by atoms with Gasteiger partial charge in [-0.2, -0.15) is 0 Å². The van der Waals surface area contributed by atoms with E-state index in [9.17, 15) is 0 Å². The van der Waals surface area contributed by atoms with Crippen molar-refractivity contribution in [1.29, 1.82) is 0 Å². The molecule has 4 heteroatoms. The van der Waals surface area contributed by atoms with E-state index in [4.69, 9.17) is 0 Å². The molecule has 108 valence electrons. The van der Waals surface area contributed by atoms with Crippen LogP contribution in [0.15, 0.2) is 18.6 Å². The smallest absolute Gasteiger partial charge is 0.131 e. The van der Waals surface area contributed by atoms with Gasteiger partial charge in [-0.15, -0.1) is 0 Å². The first-order chi connectivity index (χ1) is 9.90. The minimum Gasteiger partial charge on any atom is -0.355 e. The largest absolute Gasteiger partial charge is 0.355 e. The Bertz CT molecular complexity index is 449. The van der Waals surface area contributed by atoms with Gasteiger partial charge in [-0.25, -0.2) is 9.97 Å². The first-order valence-corrected chi connectivity index (χ1v) is 8.15. The minimum atomic E-state index is 0.888. The van der Waals surface area contributed by atoms with Crippen LogP contribution < -0.4 is 4.90 Å². The minimum absolute atomic E-state index is 0.888. The molecule has 2 bridgehead atoms. The Morgan fingerprint density at radius 3 is 2.80 bits per heavy atom. The van der Waals surface area contributed by atoms with E-state index in [0.29, 0.717) is 0 Å². The fourth-order valence-electron chi connectivity index (χ4n) is 4.63. The van der Waals surface area contributed by atoms with Crippen molar-refractivity contribution in [3.63, 3.8) is 0 Å². The van der Waals surface area contributed by atoms with Crippen molar-refractivity contribution in [2.75, 3.05) is 31.1 Å². The lowest BCUT2D eigenvalue weighted by Gasteiger charge is -2.33. The lowest BCUT2D eigenvalue weighted by atomic mass is 9.94. The number of nitrogens with zero attached hydrogens (tertiary/aromatic N) is 4. The van der Waals surface area contributed by atoms with E-state index >= 15 is 0 Å². The van der Waals surface area contributed by atoms with Crippen LogP contribution >= 0.6 is 0 Å². The van der Waals surface area contributed by atoms with Gasteiger partial charge in [-0.05, 0) is 43.6 Å². The lowest BCUT2D eigenvalue weighted by molar-refractivity contribution is 0.152. The molecule has 2 aliphatic carbocycles. The van der Waals surface area contributed by atoms with Crippen LogP contribution in [-0.2, 0) is 0 Å². The molecule has 1 aliphatic heterocycles. The maximum atomic E-state index is 4.40. The molecule has 2 heterocycles. The Morgan fingerprint density at radius 2 is 2.05 bits per heavy atom. The Morgan fingerprint density at radius 1 is 1.05 bits per heavy atom. The van der Waals surface area contributed by atoms with Gasteiger partial charge in [0.15, 0.2) is 0 Å². The Hall–Kier alpha value is -1.16. The summed E-state index contributed by atoms with van der Waals surface area (Å²) in [4.78, 5) is 13.6. The molecule has 2 saturated carbocycles. The summed E-state index contributed by atoms with van der Waals surface area (Å²) in [5.74, 6) is 3.15. The molecular formula is C16H24N4. The summed E-state index contributed by atoms with van der Waals surface area (Å²) in [6.07, 6.45) is 10.7. The normalized spacial score (nSPS) is 34.4. The fourth-order valence-corrected chi connectivity index (χ4v) is 4.63. The first-order valence-electron chi connectivity index (χ1n) is 8.15. The second kappa shape index (κ2) is 5.32. The fraction of sp³-hybridized carbons (Fsp3) is 0.750. The van der Waals surface area contributed by atoms with Gasteiger partial charge < -0.3 is 4.90 Å². The summed E-state index contributed by atoms with van der Waals surface area (Å²) in [6, 6.07) is 2.92. The number of rotatable bonds is 2. The van der Waals surface area contributed by atoms with Crippen LogP contribution in [-0.4, -0.2) is 47.1 Å². The van der Waals surface area contributed by atoms with E-state index in [-0.39, 0.29) is 0 Å². The number of hydrogen-bond donors (Lipinski definition) is 0. The molecule has 3 aliphatic rings. The van der Waals surface area contributed by atoms with Gasteiger partial charge in [0.1, 0.15) is 12.1 Å². The summed E-state index contributed by atoms with van der Waals surface area (Å²) in [7, 11) is 0. The quantitative estimate of drug-likeness (QED) is 0.826. The Labute approximate surface area is 121 Å². The highest BCUT2D eigenvalue weighted by Gasteiger charge is 2.42. The van der Waals surface area contributed by atoms with Crippen molar-refractivity contribution in [1.82, 2.24) is 14.9 Å². The van der Waals surface area contributed by atoms with E-state index in [1.165, 1.54) is 45.2 Å². The SMILES string of the molecule is c1cc(N2CCCN([C@@H]3C[C@H]4CC[C@@H]3C4)CC2)ncn1. The van der Waals surface area contributed by atoms with Crippen molar-refractivity contribution in [3.05, 3.63) is 18.6 Å². The molecule has 3 atom stereocenters. The summed E-state index contributed by atoms with van der Waals surface area (Å²) in [6.45, 7) is 4.73. The maximum absolute atomic E-state index is 4.40. The number of anilines is 1. The van der Waals surface area contributed by atoms with Gasteiger partial charge in [0.25, 0.3) is 0 Å². The Kier molecular flexibility index (Phi) is 3.34. The van der Waals surface area contributed by atoms with Crippen LogP contribution in [0.5, 0.6) is 0 Å². The van der Waals surface area contributed by atoms with Gasteiger partial charge in [-0.1, -0.05) is 6.42 Å². The molecule has 0 spiro atoms. The highest BCUT2D eigenvalue weighted by atomic mass is 15.3. The number of aromatic nitrogens is 2. The van der Waals surface area contributed by atoms with Crippen LogP contribution in [0.4, 0.5) is 5.82 Å². The predicted octanol–water partition coefficient (Wildman–Crippen LogP) is 2.18. The lowest BCUT2D eigenvalue weighted by Crippen LogP contribution is -2.41. The summed E-state index contributed by atoms with van der Waals surface area (Å²) in [5.41, 5.74) is 0. The van der Waals surface area contributed by atoms with Gasteiger partial charge in [0.2, 0.25) is 0 Å². The van der Waals surface area contributed by atoms with Gasteiger partial charge in [-0.3, -0.25) is 4.90 Å². The molecule has 0 unspecified atom stereocenters. The highest BCUT2D eigenvalue weighted by Crippen LogP contribution is 2.46. The third-order valence-corrected chi connectivity index (χ3v) is 5.59. The Balaban J connectivity index is 1.41. The van der Waals surface area contributed by atoms with Crippen LogP contribution in [0.2, 0.25) is 0 Å². The first kappa shape index (κ1) is 12.6. The maximum Gasteiger partial charge on any atom is 0.131 e. The standard InChI is InChI=1S/C16H24N4/c1-6-19(15-11-13-2-3-14(15)10-13)8-9-20(7-1)16-4-5-17-12-18-16/h4-5,12-15H,1-3,6-11H2/t13-,14+,15+/m0/s1. The third-order valence-electron chi connectivity index (χ3n) is 5.59. The van der Waals surface area contributed by atoms with E-state index in [0.717, 1.165) is 36.8 Å². The van der Waals surface area contributed by atoms with Crippen LogP contribution in [0.3, 0.4) is 0 Å². The second-order valence-corrected chi connectivity index (χ2v) is 6.69. The van der Waals surface area contributed by atoms with Gasteiger partial charge in [0.05, 0.1) is 0 Å². The third kappa shape index (κ3) is 2.30. The molecule has 1 aromatic heterocycles. The van der Waals surface area contributed by atoms with Crippen LogP contribution in [0.1, 0.15) is 32.1 Å². The zero-order chi connectivity index (χ0) is 13.4. The molecule has 0 radical (unpaired) electrons. The summed E-state index contributed by atoms with van der Waals surface area (Å²) < 4.78 is 0. The molecule has 20 heavy (non-hydrogen) atoms. The van der Waals surface area contributed by atoms with Gasteiger partial charge >= 0.3 is 0 Å². The van der Waals surface area contributed by atoms with Crippen molar-refractivity contribution in [2.45, 2.75) is 38.1 Å². The monoisotopic (exact) mass is 272 g/mol. The summed E-state index contributed by atoms with van der Waals surface area (Å²) in [5, 5.41) is 0. The zero-order valence-electron chi connectivity index (χ0n) is 12.1. The van der Waals surface area contributed by atoms with Gasteiger partial charge in [0, 0.05) is 38.4 Å². The van der Waals surface area contributed by atoms with Crippen molar-refractivity contribution in [2.24, 2.45) is 11.8 Å². The molecule has 1 saturated heterocycles. The molecular weight excluding hydrogens is 248 g/mol. The zero-order valence-corrected chi connectivity index (χ0v) is 12.1. The number of fused-ring (bicyclic) bond motifs is 2. The average molecular weight is 272 g/mol. The van der Waals surface area contributed by atoms with Crippen molar-refractivity contribution >= 4 is 5.82 Å². The summed E-state index contributed by atoms with van der Waals surface area (Å²) >= 11 is 0. The molecule has 0 amide bonds. The highest BCUT2D eigenvalue weighted by molar-refractivity contribution is 5.36. The topological polar surface area (TPSA) is 32.3 Å². The van der Waals surface area contributed by atoms with E-state index in [1.54, 1.807) is 6.33 Å². The van der Waals surface area contributed by atoms with Crippen molar-refractivity contribution in [3.8, 4) is 0 Å². The van der Waals surface area contributed by atoms with Crippen molar-refractivity contribution < 1.29 is 0 Å². The molecule has 0 aromatic carbocycles. The predicted molar refractivity (Wildman–Crippen MR) is 79.7 cm³/mol. The molecule has 4 rings (SSSR count).